The second kappa shape index (κ2) is 7.65. The third-order valence-electron chi connectivity index (χ3n) is 6.35. The minimum absolute atomic E-state index is 0.0157. The molecule has 2 amide bonds. The third-order valence-corrected chi connectivity index (χ3v) is 6.35. The molecule has 1 saturated heterocycles. The summed E-state index contributed by atoms with van der Waals surface area (Å²) in [6.45, 7) is 1.62. The zero-order valence-electron chi connectivity index (χ0n) is 17.7. The number of anilines is 1. The molecule has 0 saturated carbocycles. The molecule has 1 N–H and O–H groups in total. The highest BCUT2D eigenvalue weighted by atomic mass is 16.5. The van der Waals surface area contributed by atoms with Crippen LogP contribution in [0.5, 0.6) is 11.5 Å². The molecule has 2 aliphatic heterocycles. The van der Waals surface area contributed by atoms with Gasteiger partial charge in [0.05, 0.1) is 20.1 Å². The highest BCUT2D eigenvalue weighted by Gasteiger charge is 2.38. The number of carbonyl (C=O) groups is 2. The second-order valence-electron chi connectivity index (χ2n) is 8.11. The summed E-state index contributed by atoms with van der Waals surface area (Å²) in [6, 6.07) is 13.3. The first-order chi connectivity index (χ1) is 15.1. The van der Waals surface area contributed by atoms with E-state index in [4.69, 9.17) is 9.47 Å². The van der Waals surface area contributed by atoms with Crippen molar-refractivity contribution in [2.24, 2.45) is 5.92 Å². The number of H-pyrrole nitrogens is 1. The van der Waals surface area contributed by atoms with Crippen molar-refractivity contribution in [2.75, 3.05) is 32.2 Å². The third kappa shape index (κ3) is 3.40. The first-order valence-corrected chi connectivity index (χ1v) is 10.5. The molecule has 1 aromatic heterocycles. The normalized spacial score (nSPS) is 18.4. The Morgan fingerprint density at radius 2 is 1.81 bits per heavy atom. The predicted molar refractivity (Wildman–Crippen MR) is 117 cm³/mol. The topological polar surface area (TPSA) is 74.9 Å². The van der Waals surface area contributed by atoms with Crippen LogP contribution in [0.15, 0.2) is 42.5 Å². The molecule has 0 spiro atoms. The standard InChI is InChI=1S/C24H25N3O4/c1-30-17-5-3-16(4-6-17)27-13-15(11-23(27)28)24(29)26-10-9-22-20(14-26)19-12-18(31-2)7-8-21(19)25-22/h3-8,12,15,25H,9-11,13-14H2,1-2H3/t15-/m1/s1. The number of carbonyl (C=O) groups excluding carboxylic acids is 2. The molecule has 5 rings (SSSR count). The van der Waals surface area contributed by atoms with E-state index in [1.165, 1.54) is 5.69 Å². The molecular weight excluding hydrogens is 394 g/mol. The van der Waals surface area contributed by atoms with E-state index in [2.05, 4.69) is 4.98 Å². The van der Waals surface area contributed by atoms with Crippen molar-refractivity contribution in [3.63, 3.8) is 0 Å². The van der Waals surface area contributed by atoms with Crippen molar-refractivity contribution in [2.45, 2.75) is 19.4 Å². The van der Waals surface area contributed by atoms with E-state index < -0.39 is 0 Å². The number of rotatable bonds is 4. The Balaban J connectivity index is 1.33. The van der Waals surface area contributed by atoms with E-state index in [0.29, 0.717) is 19.6 Å². The van der Waals surface area contributed by atoms with Crippen molar-refractivity contribution in [3.05, 3.63) is 53.7 Å². The Morgan fingerprint density at radius 3 is 2.55 bits per heavy atom. The van der Waals surface area contributed by atoms with Gasteiger partial charge in [0.2, 0.25) is 11.8 Å². The molecule has 1 fully saturated rings. The zero-order chi connectivity index (χ0) is 21.5. The number of hydrogen-bond donors (Lipinski definition) is 1. The van der Waals surface area contributed by atoms with Gasteiger partial charge in [0, 0.05) is 60.3 Å². The number of ether oxygens (including phenoxy) is 2. The van der Waals surface area contributed by atoms with Crippen LogP contribution in [0.2, 0.25) is 0 Å². The summed E-state index contributed by atoms with van der Waals surface area (Å²) < 4.78 is 10.6. The van der Waals surface area contributed by atoms with Crippen LogP contribution in [0.4, 0.5) is 5.69 Å². The molecule has 0 aliphatic carbocycles. The number of amides is 2. The summed E-state index contributed by atoms with van der Waals surface area (Å²) in [6.07, 6.45) is 1.02. The smallest absolute Gasteiger partial charge is 0.228 e. The van der Waals surface area contributed by atoms with Crippen molar-refractivity contribution in [1.82, 2.24) is 9.88 Å². The van der Waals surface area contributed by atoms with Gasteiger partial charge < -0.3 is 24.3 Å². The molecule has 2 aromatic carbocycles. The Bertz CT molecular complexity index is 1150. The van der Waals surface area contributed by atoms with Crippen LogP contribution in [-0.4, -0.2) is 49.0 Å². The van der Waals surface area contributed by atoms with Gasteiger partial charge in [0.25, 0.3) is 0 Å². The zero-order valence-corrected chi connectivity index (χ0v) is 17.7. The quantitative estimate of drug-likeness (QED) is 0.705. The van der Waals surface area contributed by atoms with E-state index in [1.54, 1.807) is 19.1 Å². The lowest BCUT2D eigenvalue weighted by atomic mass is 10.0. The van der Waals surface area contributed by atoms with Gasteiger partial charge in [-0.3, -0.25) is 9.59 Å². The average Bonchev–Trinajstić information content (AvgIpc) is 3.38. The lowest BCUT2D eigenvalue weighted by Crippen LogP contribution is -2.40. The second-order valence-corrected chi connectivity index (χ2v) is 8.11. The van der Waals surface area contributed by atoms with Gasteiger partial charge in [-0.15, -0.1) is 0 Å². The molecule has 3 aromatic rings. The van der Waals surface area contributed by atoms with Gasteiger partial charge >= 0.3 is 0 Å². The van der Waals surface area contributed by atoms with Crippen LogP contribution in [0.3, 0.4) is 0 Å². The number of hydrogen-bond acceptors (Lipinski definition) is 4. The lowest BCUT2D eigenvalue weighted by Gasteiger charge is -2.29. The van der Waals surface area contributed by atoms with Crippen molar-refractivity contribution in [1.29, 1.82) is 0 Å². The molecule has 7 nitrogen and oxygen atoms in total. The largest absolute Gasteiger partial charge is 0.497 e. The van der Waals surface area contributed by atoms with Gasteiger partial charge in [-0.1, -0.05) is 0 Å². The van der Waals surface area contributed by atoms with E-state index in [9.17, 15) is 9.59 Å². The predicted octanol–water partition coefficient (Wildman–Crippen LogP) is 3.12. The monoisotopic (exact) mass is 419 g/mol. The summed E-state index contributed by atoms with van der Waals surface area (Å²) in [5, 5.41) is 1.09. The summed E-state index contributed by atoms with van der Waals surface area (Å²) in [5.41, 5.74) is 4.17. The summed E-state index contributed by atoms with van der Waals surface area (Å²) in [4.78, 5) is 33.0. The maximum absolute atomic E-state index is 13.3. The number of aromatic amines is 1. The highest BCUT2D eigenvalue weighted by Crippen LogP contribution is 2.33. The first kappa shape index (κ1) is 19.5. The van der Waals surface area contributed by atoms with Crippen molar-refractivity contribution >= 4 is 28.4 Å². The average molecular weight is 419 g/mol. The van der Waals surface area contributed by atoms with Crippen LogP contribution in [0.25, 0.3) is 10.9 Å². The summed E-state index contributed by atoms with van der Waals surface area (Å²) in [7, 11) is 3.26. The van der Waals surface area contributed by atoms with Gasteiger partial charge in [-0.05, 0) is 42.5 Å². The van der Waals surface area contributed by atoms with Crippen molar-refractivity contribution < 1.29 is 19.1 Å². The number of nitrogens with one attached hydrogen (secondary N) is 1. The van der Waals surface area contributed by atoms with Crippen LogP contribution in [-0.2, 0) is 22.6 Å². The Morgan fingerprint density at radius 1 is 1.06 bits per heavy atom. The van der Waals surface area contributed by atoms with Crippen LogP contribution >= 0.6 is 0 Å². The molecule has 7 heteroatoms. The van der Waals surface area contributed by atoms with Crippen molar-refractivity contribution in [3.8, 4) is 11.5 Å². The maximum Gasteiger partial charge on any atom is 0.228 e. The van der Waals surface area contributed by atoms with Crippen LogP contribution < -0.4 is 14.4 Å². The summed E-state index contributed by atoms with van der Waals surface area (Å²) >= 11 is 0. The number of nitrogens with zero attached hydrogens (tertiary/aromatic N) is 2. The van der Waals surface area contributed by atoms with Crippen LogP contribution in [0, 0.1) is 5.92 Å². The first-order valence-electron chi connectivity index (χ1n) is 10.5. The van der Waals surface area contributed by atoms with Crippen LogP contribution in [0.1, 0.15) is 17.7 Å². The van der Waals surface area contributed by atoms with E-state index in [1.807, 2.05) is 47.4 Å². The number of methoxy groups -OCH3 is 2. The Labute approximate surface area is 180 Å². The van der Waals surface area contributed by atoms with E-state index >= 15 is 0 Å². The minimum Gasteiger partial charge on any atom is -0.497 e. The molecule has 1 atom stereocenters. The number of benzene rings is 2. The molecule has 0 radical (unpaired) electrons. The number of aromatic nitrogens is 1. The number of fused-ring (bicyclic) bond motifs is 3. The molecule has 3 heterocycles. The van der Waals surface area contributed by atoms with Gasteiger partial charge in [0.15, 0.2) is 0 Å². The molecule has 31 heavy (non-hydrogen) atoms. The van der Waals surface area contributed by atoms with E-state index in [-0.39, 0.29) is 24.2 Å². The highest BCUT2D eigenvalue weighted by molar-refractivity contribution is 6.00. The van der Waals surface area contributed by atoms with Gasteiger partial charge in [0.1, 0.15) is 11.5 Å². The SMILES string of the molecule is COc1ccc(N2C[C@H](C(=O)N3CCc4[nH]c5ccc(OC)cc5c4C3)CC2=O)cc1. The fourth-order valence-corrected chi connectivity index (χ4v) is 4.65. The minimum atomic E-state index is -0.323. The molecular formula is C24H25N3O4. The van der Waals surface area contributed by atoms with Gasteiger partial charge in [-0.2, -0.15) is 0 Å². The lowest BCUT2D eigenvalue weighted by molar-refractivity contribution is -0.136. The molecule has 0 bridgehead atoms. The summed E-state index contributed by atoms with van der Waals surface area (Å²) in [5.74, 6) is 1.25. The fraction of sp³-hybridized carbons (Fsp3) is 0.333. The Hall–Kier alpha value is -3.48. The molecule has 2 aliphatic rings. The maximum atomic E-state index is 13.3. The van der Waals surface area contributed by atoms with Gasteiger partial charge in [-0.25, -0.2) is 0 Å². The Kier molecular flexibility index (Phi) is 4.81. The fourth-order valence-electron chi connectivity index (χ4n) is 4.65. The molecule has 0 unspecified atom stereocenters. The van der Waals surface area contributed by atoms with E-state index in [0.717, 1.165) is 40.1 Å². The molecule has 160 valence electrons.